The summed E-state index contributed by atoms with van der Waals surface area (Å²) in [5, 5.41) is 3.50. The Balaban J connectivity index is 2.52. The zero-order valence-corrected chi connectivity index (χ0v) is 8.64. The van der Waals surface area contributed by atoms with Crippen molar-refractivity contribution in [2.75, 3.05) is 23.8 Å². The van der Waals surface area contributed by atoms with Crippen molar-refractivity contribution in [1.82, 2.24) is 0 Å². The molecule has 74 valence electrons. The highest BCUT2D eigenvalue weighted by molar-refractivity contribution is 6.34. The van der Waals surface area contributed by atoms with Crippen molar-refractivity contribution in [2.24, 2.45) is 0 Å². The van der Waals surface area contributed by atoms with Crippen molar-refractivity contribution in [3.63, 3.8) is 0 Å². The van der Waals surface area contributed by atoms with E-state index >= 15 is 0 Å². The molecule has 2 rings (SSSR count). The second kappa shape index (κ2) is 3.50. The van der Waals surface area contributed by atoms with Gasteiger partial charge >= 0.3 is 0 Å². The summed E-state index contributed by atoms with van der Waals surface area (Å²) >= 11 is 6.06. The molecule has 1 aliphatic rings. The van der Waals surface area contributed by atoms with Crippen LogP contribution in [0.1, 0.15) is 6.42 Å². The quantitative estimate of drug-likeness (QED) is 0.712. The van der Waals surface area contributed by atoms with Crippen LogP contribution < -0.4 is 10.2 Å². The summed E-state index contributed by atoms with van der Waals surface area (Å²) < 4.78 is 0. The maximum atomic E-state index is 11.3. The molecule has 14 heavy (non-hydrogen) atoms. The number of benzene rings is 1. The van der Waals surface area contributed by atoms with Crippen LogP contribution in [0.25, 0.3) is 0 Å². The zero-order valence-electron chi connectivity index (χ0n) is 7.88. The number of fused-ring (bicyclic) bond motifs is 1. The van der Waals surface area contributed by atoms with Gasteiger partial charge < -0.3 is 10.2 Å². The number of nitrogens with one attached hydrogen (secondary N) is 1. The van der Waals surface area contributed by atoms with Gasteiger partial charge in [0.1, 0.15) is 0 Å². The van der Waals surface area contributed by atoms with Gasteiger partial charge in [-0.15, -0.1) is 0 Å². The first-order chi connectivity index (χ1) is 6.68. The Bertz CT molecular complexity index is 378. The third kappa shape index (κ3) is 1.55. The fourth-order valence-electron chi connectivity index (χ4n) is 1.60. The van der Waals surface area contributed by atoms with Gasteiger partial charge in [0.2, 0.25) is 5.91 Å². The van der Waals surface area contributed by atoms with Gasteiger partial charge in [0.05, 0.1) is 16.4 Å². The highest BCUT2D eigenvalue weighted by atomic mass is 35.5. The Morgan fingerprint density at radius 2 is 2.29 bits per heavy atom. The van der Waals surface area contributed by atoms with E-state index in [1.807, 2.05) is 30.1 Å². The van der Waals surface area contributed by atoms with E-state index in [4.69, 9.17) is 11.6 Å². The van der Waals surface area contributed by atoms with E-state index in [1.165, 1.54) is 0 Å². The number of hydrogen-bond donors (Lipinski definition) is 1. The maximum absolute atomic E-state index is 11.3. The normalized spacial score (nSPS) is 15.9. The minimum atomic E-state index is 0.0397. The van der Waals surface area contributed by atoms with E-state index in [9.17, 15) is 4.79 Å². The molecule has 0 saturated carbocycles. The average molecular weight is 211 g/mol. The van der Waals surface area contributed by atoms with Crippen molar-refractivity contribution in [1.29, 1.82) is 0 Å². The van der Waals surface area contributed by atoms with Crippen molar-refractivity contribution < 1.29 is 4.79 Å². The number of nitrogens with zero attached hydrogens (tertiary/aromatic N) is 1. The number of carbonyl (C=O) groups excluding carboxylic acids is 1. The summed E-state index contributed by atoms with van der Waals surface area (Å²) in [5.41, 5.74) is 1.70. The van der Waals surface area contributed by atoms with E-state index in [-0.39, 0.29) is 5.91 Å². The highest BCUT2D eigenvalue weighted by Gasteiger charge is 2.18. The molecule has 0 atom stereocenters. The molecule has 1 aromatic rings. The van der Waals surface area contributed by atoms with Crippen LogP contribution in [0.5, 0.6) is 0 Å². The van der Waals surface area contributed by atoms with E-state index in [0.717, 1.165) is 11.4 Å². The standard InChI is InChI=1S/C10H11ClN2O/c1-13-6-5-9(14)12-8-4-2-3-7(11)10(8)13/h2-4H,5-6H2,1H3,(H,12,14). The van der Waals surface area contributed by atoms with Gasteiger partial charge in [-0.3, -0.25) is 4.79 Å². The number of carbonyl (C=O) groups is 1. The molecule has 4 heteroatoms. The lowest BCUT2D eigenvalue weighted by molar-refractivity contribution is -0.115. The van der Waals surface area contributed by atoms with Crippen molar-refractivity contribution in [2.45, 2.75) is 6.42 Å². The summed E-state index contributed by atoms with van der Waals surface area (Å²) in [5.74, 6) is 0.0397. The highest BCUT2D eigenvalue weighted by Crippen LogP contribution is 2.34. The largest absolute Gasteiger partial charge is 0.371 e. The number of para-hydroxylation sites is 1. The number of anilines is 2. The van der Waals surface area contributed by atoms with Crippen molar-refractivity contribution in [3.05, 3.63) is 23.2 Å². The molecule has 1 amide bonds. The van der Waals surface area contributed by atoms with Crippen LogP contribution in [-0.4, -0.2) is 19.5 Å². The lowest BCUT2D eigenvalue weighted by Crippen LogP contribution is -2.19. The minimum Gasteiger partial charge on any atom is -0.371 e. The Hall–Kier alpha value is -1.22. The molecule has 0 bridgehead atoms. The van der Waals surface area contributed by atoms with Gasteiger partial charge in [0.25, 0.3) is 0 Å². The number of rotatable bonds is 0. The SMILES string of the molecule is CN1CCC(=O)Nc2cccc(Cl)c21. The van der Waals surface area contributed by atoms with Crippen LogP contribution in [0.15, 0.2) is 18.2 Å². The van der Waals surface area contributed by atoms with Gasteiger partial charge in [-0.1, -0.05) is 17.7 Å². The van der Waals surface area contributed by atoms with E-state index in [0.29, 0.717) is 18.0 Å². The summed E-state index contributed by atoms with van der Waals surface area (Å²) in [6, 6.07) is 5.52. The smallest absolute Gasteiger partial charge is 0.226 e. The summed E-state index contributed by atoms with van der Waals surface area (Å²) in [7, 11) is 1.94. The molecule has 0 aliphatic carbocycles. The third-order valence-corrected chi connectivity index (χ3v) is 2.62. The Morgan fingerprint density at radius 3 is 3.07 bits per heavy atom. The monoisotopic (exact) mass is 210 g/mol. The van der Waals surface area contributed by atoms with Gasteiger partial charge in [-0.25, -0.2) is 0 Å². The second-order valence-corrected chi connectivity index (χ2v) is 3.76. The van der Waals surface area contributed by atoms with Gasteiger partial charge in [-0.2, -0.15) is 0 Å². The Kier molecular flexibility index (Phi) is 2.33. The Labute approximate surface area is 87.7 Å². The van der Waals surface area contributed by atoms with Crippen LogP contribution in [-0.2, 0) is 4.79 Å². The van der Waals surface area contributed by atoms with Gasteiger partial charge in [0, 0.05) is 20.0 Å². The van der Waals surface area contributed by atoms with Crippen LogP contribution in [0.2, 0.25) is 5.02 Å². The predicted molar refractivity (Wildman–Crippen MR) is 58.0 cm³/mol. The van der Waals surface area contributed by atoms with Crippen molar-refractivity contribution >= 4 is 28.9 Å². The molecule has 0 radical (unpaired) electrons. The molecule has 1 N–H and O–H groups in total. The summed E-state index contributed by atoms with van der Waals surface area (Å²) in [6.07, 6.45) is 0.501. The van der Waals surface area contributed by atoms with Gasteiger partial charge in [-0.05, 0) is 12.1 Å². The molecule has 0 saturated heterocycles. The molecule has 3 nitrogen and oxygen atoms in total. The minimum absolute atomic E-state index is 0.0397. The molecule has 1 heterocycles. The number of halogens is 1. The second-order valence-electron chi connectivity index (χ2n) is 3.36. The molecular weight excluding hydrogens is 200 g/mol. The van der Waals surface area contributed by atoms with E-state index in [2.05, 4.69) is 5.32 Å². The fraction of sp³-hybridized carbons (Fsp3) is 0.300. The lowest BCUT2D eigenvalue weighted by Gasteiger charge is -2.19. The lowest BCUT2D eigenvalue weighted by atomic mass is 10.2. The fourth-order valence-corrected chi connectivity index (χ4v) is 1.92. The molecule has 0 aromatic heterocycles. The van der Waals surface area contributed by atoms with Crippen LogP contribution in [0.3, 0.4) is 0 Å². The number of hydrogen-bond acceptors (Lipinski definition) is 2. The molecule has 0 unspecified atom stereocenters. The average Bonchev–Trinajstić information content (AvgIpc) is 2.27. The van der Waals surface area contributed by atoms with Crippen LogP contribution in [0.4, 0.5) is 11.4 Å². The maximum Gasteiger partial charge on any atom is 0.226 e. The molecular formula is C10H11ClN2O. The van der Waals surface area contributed by atoms with Gasteiger partial charge in [0.15, 0.2) is 0 Å². The van der Waals surface area contributed by atoms with E-state index in [1.54, 1.807) is 0 Å². The first-order valence-electron chi connectivity index (χ1n) is 4.48. The third-order valence-electron chi connectivity index (χ3n) is 2.32. The molecule has 0 fully saturated rings. The summed E-state index contributed by atoms with van der Waals surface area (Å²) in [6.45, 7) is 0.697. The molecule has 1 aromatic carbocycles. The zero-order chi connectivity index (χ0) is 10.1. The van der Waals surface area contributed by atoms with Crippen molar-refractivity contribution in [3.8, 4) is 0 Å². The Morgan fingerprint density at radius 1 is 1.50 bits per heavy atom. The summed E-state index contributed by atoms with van der Waals surface area (Å²) in [4.78, 5) is 13.3. The first-order valence-corrected chi connectivity index (χ1v) is 4.86. The molecule has 1 aliphatic heterocycles. The predicted octanol–water partition coefficient (Wildman–Crippen LogP) is 2.12. The first kappa shape index (κ1) is 9.34. The van der Waals surface area contributed by atoms with Crippen LogP contribution in [0, 0.1) is 0 Å². The van der Waals surface area contributed by atoms with E-state index < -0.39 is 0 Å². The molecule has 0 spiro atoms. The number of amides is 1. The van der Waals surface area contributed by atoms with Crippen LogP contribution >= 0.6 is 11.6 Å². The topological polar surface area (TPSA) is 32.3 Å².